The summed E-state index contributed by atoms with van der Waals surface area (Å²) < 4.78 is 5.82. The maximum absolute atomic E-state index is 10.4. The van der Waals surface area contributed by atoms with E-state index in [0.717, 1.165) is 4.47 Å². The number of benzene rings is 1. The van der Waals surface area contributed by atoms with E-state index in [1.165, 1.54) is 7.11 Å². The molecule has 0 aliphatic carbocycles. The van der Waals surface area contributed by atoms with Crippen LogP contribution in [0.1, 0.15) is 18.1 Å². The highest BCUT2D eigenvalue weighted by Gasteiger charge is 2.24. The molecule has 0 radical (unpaired) electrons. The number of halogens is 1. The Morgan fingerprint density at radius 2 is 2.12 bits per heavy atom. The lowest BCUT2D eigenvalue weighted by Gasteiger charge is -2.19. The summed E-state index contributed by atoms with van der Waals surface area (Å²) in [6, 6.07) is 4.87. The first-order valence-corrected chi connectivity index (χ1v) is 5.66. The van der Waals surface area contributed by atoms with Gasteiger partial charge in [0.15, 0.2) is 0 Å². The number of carbonyl (C=O) groups is 1. The van der Waals surface area contributed by atoms with Gasteiger partial charge < -0.3 is 20.1 Å². The van der Waals surface area contributed by atoms with E-state index in [2.05, 4.69) is 15.9 Å². The lowest BCUT2D eigenvalue weighted by molar-refractivity contribution is -0.141. The molecule has 94 valence electrons. The Morgan fingerprint density at radius 1 is 1.47 bits per heavy atom. The van der Waals surface area contributed by atoms with Gasteiger partial charge in [0.05, 0.1) is 19.6 Å². The molecule has 1 rings (SSSR count). The van der Waals surface area contributed by atoms with E-state index in [0.29, 0.717) is 11.3 Å². The molecule has 0 saturated heterocycles. The van der Waals surface area contributed by atoms with Crippen molar-refractivity contribution in [2.24, 2.45) is 0 Å². The molecule has 2 unspecified atom stereocenters. The Labute approximate surface area is 107 Å². The minimum absolute atomic E-state index is 0.351. The molecule has 0 aliphatic heterocycles. The largest absolute Gasteiger partial charge is 0.496 e. The first-order valence-electron chi connectivity index (χ1n) is 4.87. The van der Waals surface area contributed by atoms with Crippen molar-refractivity contribution >= 4 is 21.9 Å². The van der Waals surface area contributed by atoms with E-state index in [4.69, 9.17) is 9.84 Å². The lowest BCUT2D eigenvalue weighted by Crippen LogP contribution is -2.22. The van der Waals surface area contributed by atoms with Crippen LogP contribution in [0.3, 0.4) is 0 Å². The number of carboxylic acids is 1. The highest BCUT2D eigenvalue weighted by atomic mass is 79.9. The van der Waals surface area contributed by atoms with Crippen LogP contribution < -0.4 is 4.74 Å². The van der Waals surface area contributed by atoms with Gasteiger partial charge in [-0.25, -0.2) is 0 Å². The molecule has 2 atom stereocenters. The molecule has 6 heteroatoms. The van der Waals surface area contributed by atoms with Crippen LogP contribution in [0, 0.1) is 0 Å². The Morgan fingerprint density at radius 3 is 2.65 bits per heavy atom. The van der Waals surface area contributed by atoms with E-state index in [9.17, 15) is 15.0 Å². The number of ether oxygens (including phenoxy) is 1. The van der Waals surface area contributed by atoms with Gasteiger partial charge in [0.1, 0.15) is 11.9 Å². The van der Waals surface area contributed by atoms with Crippen LogP contribution in [-0.2, 0) is 4.79 Å². The van der Waals surface area contributed by atoms with Gasteiger partial charge in [0.25, 0.3) is 0 Å². The standard InChI is InChI=1S/C11H13BrO5/c1-17-9-4-6(12)2-3-7(9)11(16)8(13)5-10(14)15/h2-4,8,11,13,16H,5H2,1H3,(H,14,15). The predicted octanol–water partition coefficient (Wildman–Crippen LogP) is 1.33. The minimum atomic E-state index is -1.37. The predicted molar refractivity (Wildman–Crippen MR) is 63.9 cm³/mol. The van der Waals surface area contributed by atoms with Gasteiger partial charge in [-0.3, -0.25) is 4.79 Å². The van der Waals surface area contributed by atoms with Gasteiger partial charge in [-0.1, -0.05) is 22.0 Å². The van der Waals surface area contributed by atoms with Gasteiger partial charge in [-0.15, -0.1) is 0 Å². The normalized spacial score (nSPS) is 14.1. The highest BCUT2D eigenvalue weighted by Crippen LogP contribution is 2.30. The summed E-state index contributed by atoms with van der Waals surface area (Å²) in [6.45, 7) is 0. The molecule has 0 aliphatic rings. The first-order chi connectivity index (χ1) is 7.95. The molecule has 0 spiro atoms. The monoisotopic (exact) mass is 304 g/mol. The van der Waals surface area contributed by atoms with E-state index >= 15 is 0 Å². The van der Waals surface area contributed by atoms with Crippen molar-refractivity contribution in [3.8, 4) is 5.75 Å². The fourth-order valence-electron chi connectivity index (χ4n) is 1.43. The van der Waals surface area contributed by atoms with Crippen molar-refractivity contribution in [3.63, 3.8) is 0 Å². The van der Waals surface area contributed by atoms with Crippen LogP contribution >= 0.6 is 15.9 Å². The molecule has 1 aromatic rings. The molecular weight excluding hydrogens is 292 g/mol. The number of methoxy groups -OCH3 is 1. The third kappa shape index (κ3) is 3.69. The summed E-state index contributed by atoms with van der Waals surface area (Å²) in [5, 5.41) is 27.9. The molecule has 3 N–H and O–H groups in total. The Kier molecular flexibility index (Phi) is 4.92. The zero-order chi connectivity index (χ0) is 13.0. The van der Waals surface area contributed by atoms with Gasteiger partial charge in [0, 0.05) is 10.0 Å². The SMILES string of the molecule is COc1cc(Br)ccc1C(O)C(O)CC(=O)O. The molecule has 1 aromatic carbocycles. The smallest absolute Gasteiger partial charge is 0.306 e. The van der Waals surface area contributed by atoms with Crippen molar-refractivity contribution < 1.29 is 24.9 Å². The Hall–Kier alpha value is -1.11. The molecule has 0 heterocycles. The molecule has 0 amide bonds. The maximum atomic E-state index is 10.4. The van der Waals surface area contributed by atoms with Crippen molar-refractivity contribution in [1.82, 2.24) is 0 Å². The molecule has 5 nitrogen and oxygen atoms in total. The molecule has 0 bridgehead atoms. The summed E-state index contributed by atoms with van der Waals surface area (Å²) in [6.07, 6.45) is -3.20. The van der Waals surface area contributed by atoms with Crippen molar-refractivity contribution in [2.75, 3.05) is 7.11 Å². The quantitative estimate of drug-likeness (QED) is 0.764. The summed E-state index contributed by atoms with van der Waals surface area (Å²) >= 11 is 3.25. The fourth-order valence-corrected chi connectivity index (χ4v) is 1.77. The van der Waals surface area contributed by atoms with Crippen molar-refractivity contribution in [1.29, 1.82) is 0 Å². The number of hydrogen-bond acceptors (Lipinski definition) is 4. The van der Waals surface area contributed by atoms with Crippen molar-refractivity contribution in [3.05, 3.63) is 28.2 Å². The van der Waals surface area contributed by atoms with E-state index in [1.807, 2.05) is 0 Å². The summed E-state index contributed by atoms with van der Waals surface area (Å²) in [7, 11) is 1.43. The van der Waals surface area contributed by atoms with Crippen LogP contribution in [0.4, 0.5) is 0 Å². The number of rotatable bonds is 5. The fraction of sp³-hybridized carbons (Fsp3) is 0.364. The molecule has 0 fully saturated rings. The van der Waals surface area contributed by atoms with Gasteiger partial charge in [-0.05, 0) is 12.1 Å². The number of hydrogen-bond donors (Lipinski definition) is 3. The van der Waals surface area contributed by atoms with Crippen LogP contribution in [0.15, 0.2) is 22.7 Å². The summed E-state index contributed by atoms with van der Waals surface area (Å²) in [5.41, 5.74) is 0.351. The molecule has 0 saturated carbocycles. The third-order valence-electron chi connectivity index (χ3n) is 2.26. The minimum Gasteiger partial charge on any atom is -0.496 e. The molecule has 0 aromatic heterocycles. The summed E-state index contributed by atoms with van der Waals surface area (Å²) in [4.78, 5) is 10.4. The van der Waals surface area contributed by atoms with E-state index in [1.54, 1.807) is 18.2 Å². The Bertz CT molecular complexity index is 407. The van der Waals surface area contributed by atoms with Crippen LogP contribution in [-0.4, -0.2) is 34.5 Å². The average molecular weight is 305 g/mol. The molecule has 17 heavy (non-hydrogen) atoms. The van der Waals surface area contributed by atoms with E-state index < -0.39 is 24.6 Å². The van der Waals surface area contributed by atoms with Crippen LogP contribution in [0.25, 0.3) is 0 Å². The maximum Gasteiger partial charge on any atom is 0.306 e. The topological polar surface area (TPSA) is 87.0 Å². The third-order valence-corrected chi connectivity index (χ3v) is 2.76. The van der Waals surface area contributed by atoms with Gasteiger partial charge >= 0.3 is 5.97 Å². The second kappa shape index (κ2) is 6.00. The Balaban J connectivity index is 2.94. The second-order valence-electron chi connectivity index (χ2n) is 3.50. The van der Waals surface area contributed by atoms with E-state index in [-0.39, 0.29) is 0 Å². The highest BCUT2D eigenvalue weighted by molar-refractivity contribution is 9.10. The number of aliphatic hydroxyl groups excluding tert-OH is 2. The second-order valence-corrected chi connectivity index (χ2v) is 4.41. The number of aliphatic hydroxyl groups is 2. The zero-order valence-corrected chi connectivity index (χ0v) is 10.7. The first kappa shape index (κ1) is 14.0. The number of aliphatic carboxylic acids is 1. The molecular formula is C11H13BrO5. The van der Waals surface area contributed by atoms with Crippen LogP contribution in [0.5, 0.6) is 5.75 Å². The number of carboxylic acid groups (broad SMARTS) is 1. The lowest BCUT2D eigenvalue weighted by atomic mass is 10.0. The van der Waals surface area contributed by atoms with Crippen LogP contribution in [0.2, 0.25) is 0 Å². The van der Waals surface area contributed by atoms with Gasteiger partial charge in [0.2, 0.25) is 0 Å². The van der Waals surface area contributed by atoms with Gasteiger partial charge in [-0.2, -0.15) is 0 Å². The summed E-state index contributed by atoms with van der Waals surface area (Å²) in [5.74, 6) is -0.788. The zero-order valence-electron chi connectivity index (χ0n) is 9.13. The average Bonchev–Trinajstić information content (AvgIpc) is 2.27. The van der Waals surface area contributed by atoms with Crippen molar-refractivity contribution in [2.45, 2.75) is 18.6 Å².